The molecular weight excluding hydrogens is 350 g/mol. The van der Waals surface area contributed by atoms with E-state index in [1.165, 1.54) is 25.7 Å². The summed E-state index contributed by atoms with van der Waals surface area (Å²) in [5, 5.41) is 19.5. The Hall–Kier alpha value is -2.80. The summed E-state index contributed by atoms with van der Waals surface area (Å²) in [6, 6.07) is 10.0. The Morgan fingerprint density at radius 2 is 1.79 bits per heavy atom. The molecule has 144 valence electrons. The predicted octanol–water partition coefficient (Wildman–Crippen LogP) is 2.96. The minimum atomic E-state index is 0.536. The van der Waals surface area contributed by atoms with E-state index >= 15 is 0 Å². The molecule has 2 N–H and O–H groups in total. The average Bonchev–Trinajstić information content (AvgIpc) is 3.37. The minimum absolute atomic E-state index is 0.536. The lowest BCUT2D eigenvalue weighted by Gasteiger charge is -2.36. The van der Waals surface area contributed by atoms with Crippen LogP contribution in [0.2, 0.25) is 0 Å². The van der Waals surface area contributed by atoms with Crippen LogP contribution in [-0.2, 0) is 0 Å². The molecule has 3 aromatic rings. The molecule has 3 atom stereocenters. The van der Waals surface area contributed by atoms with Gasteiger partial charge in [-0.15, -0.1) is 10.2 Å². The molecule has 3 aromatic heterocycles. The van der Waals surface area contributed by atoms with E-state index in [9.17, 15) is 0 Å². The Balaban J connectivity index is 1.34. The summed E-state index contributed by atoms with van der Waals surface area (Å²) in [4.78, 5) is 7.02. The zero-order chi connectivity index (χ0) is 19.1. The fourth-order valence-corrected chi connectivity index (χ4v) is 4.59. The highest BCUT2D eigenvalue weighted by molar-refractivity contribution is 5.67. The van der Waals surface area contributed by atoms with Gasteiger partial charge >= 0.3 is 0 Å². The molecular formula is C21H25N7. The van der Waals surface area contributed by atoms with Gasteiger partial charge in [0.25, 0.3) is 0 Å². The summed E-state index contributed by atoms with van der Waals surface area (Å²) in [5.74, 6) is 0.932. The Labute approximate surface area is 164 Å². The van der Waals surface area contributed by atoms with Gasteiger partial charge in [-0.1, -0.05) is 6.07 Å². The summed E-state index contributed by atoms with van der Waals surface area (Å²) < 4.78 is 0. The van der Waals surface area contributed by atoms with Crippen molar-refractivity contribution in [3.8, 4) is 22.5 Å². The van der Waals surface area contributed by atoms with Gasteiger partial charge in [-0.05, 0) is 50.8 Å². The van der Waals surface area contributed by atoms with Crippen LogP contribution in [-0.4, -0.2) is 50.6 Å². The molecule has 2 saturated heterocycles. The molecule has 2 bridgehead atoms. The number of aromatic nitrogens is 5. The van der Waals surface area contributed by atoms with Crippen molar-refractivity contribution in [1.82, 2.24) is 30.7 Å². The third-order valence-corrected chi connectivity index (χ3v) is 6.17. The number of aryl methyl sites for hydroxylation is 1. The van der Waals surface area contributed by atoms with E-state index in [4.69, 9.17) is 4.98 Å². The largest absolute Gasteiger partial charge is 0.355 e. The van der Waals surface area contributed by atoms with Crippen molar-refractivity contribution in [2.75, 3.05) is 11.9 Å². The predicted molar refractivity (Wildman–Crippen MR) is 109 cm³/mol. The molecule has 5 rings (SSSR count). The van der Waals surface area contributed by atoms with E-state index in [0.29, 0.717) is 18.1 Å². The van der Waals surface area contributed by atoms with Gasteiger partial charge in [-0.25, -0.2) is 0 Å². The molecule has 0 aromatic carbocycles. The molecule has 7 heteroatoms. The van der Waals surface area contributed by atoms with Crippen LogP contribution < -0.4 is 10.2 Å². The molecule has 1 unspecified atom stereocenters. The summed E-state index contributed by atoms with van der Waals surface area (Å²) >= 11 is 0. The molecule has 2 aliphatic heterocycles. The van der Waals surface area contributed by atoms with Crippen molar-refractivity contribution < 1.29 is 0 Å². The smallest absolute Gasteiger partial charge is 0.151 e. The molecule has 5 heterocycles. The SMILES string of the molecule is Cc1nc(-c2ccc(N(C)C3C[C@H]4CC[C@@H](C3)N4)nn2)ccc1-c1cn[nH]c1. The van der Waals surface area contributed by atoms with Gasteiger partial charge < -0.3 is 10.2 Å². The highest BCUT2D eigenvalue weighted by atomic mass is 15.3. The maximum Gasteiger partial charge on any atom is 0.151 e. The van der Waals surface area contributed by atoms with Crippen LogP contribution >= 0.6 is 0 Å². The monoisotopic (exact) mass is 375 g/mol. The van der Waals surface area contributed by atoms with Gasteiger partial charge in [0, 0.05) is 48.2 Å². The maximum absolute atomic E-state index is 4.73. The van der Waals surface area contributed by atoms with E-state index in [0.717, 1.165) is 34.0 Å². The number of H-pyrrole nitrogens is 1. The topological polar surface area (TPSA) is 82.6 Å². The van der Waals surface area contributed by atoms with Crippen LogP contribution in [0.4, 0.5) is 5.82 Å². The van der Waals surface area contributed by atoms with Crippen molar-refractivity contribution >= 4 is 5.82 Å². The first-order valence-electron chi connectivity index (χ1n) is 9.97. The fraction of sp³-hybridized carbons (Fsp3) is 0.429. The Bertz CT molecular complexity index is 939. The Morgan fingerprint density at radius 1 is 1.00 bits per heavy atom. The number of fused-ring (bicyclic) bond motifs is 2. The van der Waals surface area contributed by atoms with Gasteiger partial charge in [0.05, 0.1) is 11.9 Å². The number of rotatable bonds is 4. The Morgan fingerprint density at radius 3 is 2.43 bits per heavy atom. The molecule has 0 saturated carbocycles. The molecule has 0 aliphatic carbocycles. The van der Waals surface area contributed by atoms with Crippen LogP contribution in [0.1, 0.15) is 31.4 Å². The number of hydrogen-bond acceptors (Lipinski definition) is 6. The van der Waals surface area contributed by atoms with Gasteiger partial charge in [-0.3, -0.25) is 10.1 Å². The second-order valence-corrected chi connectivity index (χ2v) is 7.97. The second-order valence-electron chi connectivity index (χ2n) is 7.97. The molecule has 2 aliphatic rings. The second kappa shape index (κ2) is 6.98. The highest BCUT2D eigenvalue weighted by Gasteiger charge is 2.35. The van der Waals surface area contributed by atoms with Crippen molar-refractivity contribution in [3.05, 3.63) is 42.4 Å². The van der Waals surface area contributed by atoms with Crippen molar-refractivity contribution in [2.45, 2.75) is 50.7 Å². The number of piperidine rings is 1. The van der Waals surface area contributed by atoms with Gasteiger partial charge in [0.1, 0.15) is 5.69 Å². The van der Waals surface area contributed by atoms with E-state index in [-0.39, 0.29) is 0 Å². The van der Waals surface area contributed by atoms with Crippen LogP contribution in [0.15, 0.2) is 36.7 Å². The van der Waals surface area contributed by atoms with E-state index in [1.54, 1.807) is 6.20 Å². The van der Waals surface area contributed by atoms with Crippen molar-refractivity contribution in [3.63, 3.8) is 0 Å². The zero-order valence-corrected chi connectivity index (χ0v) is 16.3. The van der Waals surface area contributed by atoms with Crippen LogP contribution in [0, 0.1) is 6.92 Å². The summed E-state index contributed by atoms with van der Waals surface area (Å²) in [6.07, 6.45) is 8.67. The number of nitrogens with one attached hydrogen (secondary N) is 2. The normalized spacial score (nSPS) is 23.7. The number of nitrogens with zero attached hydrogens (tertiary/aromatic N) is 5. The summed E-state index contributed by atoms with van der Waals surface area (Å²) in [5.41, 5.74) is 4.70. The van der Waals surface area contributed by atoms with E-state index in [1.807, 2.05) is 25.3 Å². The van der Waals surface area contributed by atoms with Crippen LogP contribution in [0.5, 0.6) is 0 Å². The van der Waals surface area contributed by atoms with Crippen molar-refractivity contribution in [2.24, 2.45) is 0 Å². The lowest BCUT2D eigenvalue weighted by Crippen LogP contribution is -2.47. The number of pyridine rings is 1. The molecule has 0 amide bonds. The van der Waals surface area contributed by atoms with Crippen LogP contribution in [0.3, 0.4) is 0 Å². The molecule has 7 nitrogen and oxygen atoms in total. The third-order valence-electron chi connectivity index (χ3n) is 6.17. The standard InChI is InChI=1S/C21H25N7/c1-13-18(14-11-22-23-12-14)5-6-19(24-13)20-7-8-21(27-26-20)28(2)17-9-15-3-4-16(10-17)25-15/h5-8,11-12,15-17,25H,3-4,9-10H2,1-2H3,(H,22,23)/t15-,16+,17?. The fourth-order valence-electron chi connectivity index (χ4n) is 4.59. The average molecular weight is 375 g/mol. The molecule has 0 spiro atoms. The number of anilines is 1. The summed E-state index contributed by atoms with van der Waals surface area (Å²) in [6.45, 7) is 2.01. The van der Waals surface area contributed by atoms with E-state index < -0.39 is 0 Å². The molecule has 28 heavy (non-hydrogen) atoms. The lowest BCUT2D eigenvalue weighted by atomic mass is 9.98. The van der Waals surface area contributed by atoms with Gasteiger partial charge in [0.15, 0.2) is 5.82 Å². The van der Waals surface area contributed by atoms with Gasteiger partial charge in [-0.2, -0.15) is 5.10 Å². The molecule has 2 fully saturated rings. The number of aromatic amines is 1. The first kappa shape index (κ1) is 17.3. The first-order valence-corrected chi connectivity index (χ1v) is 9.97. The van der Waals surface area contributed by atoms with E-state index in [2.05, 4.69) is 49.8 Å². The Kier molecular flexibility index (Phi) is 4.31. The highest BCUT2D eigenvalue weighted by Crippen LogP contribution is 2.31. The van der Waals surface area contributed by atoms with Gasteiger partial charge in [0.2, 0.25) is 0 Å². The third kappa shape index (κ3) is 3.16. The molecule has 0 radical (unpaired) electrons. The van der Waals surface area contributed by atoms with Crippen molar-refractivity contribution in [1.29, 1.82) is 0 Å². The maximum atomic E-state index is 4.73. The lowest BCUT2D eigenvalue weighted by molar-refractivity contribution is 0.353. The quantitative estimate of drug-likeness (QED) is 0.730. The zero-order valence-electron chi connectivity index (χ0n) is 16.3. The first-order chi connectivity index (χ1) is 13.7. The minimum Gasteiger partial charge on any atom is -0.355 e. The summed E-state index contributed by atoms with van der Waals surface area (Å²) in [7, 11) is 2.14. The number of hydrogen-bond donors (Lipinski definition) is 2. The van der Waals surface area contributed by atoms with Crippen LogP contribution in [0.25, 0.3) is 22.5 Å².